The number of anilines is 1. The predicted octanol–water partition coefficient (Wildman–Crippen LogP) is 1.84. The number of methoxy groups -OCH3 is 1. The summed E-state index contributed by atoms with van der Waals surface area (Å²) in [6.07, 6.45) is 0. The molecule has 0 bridgehead atoms. The van der Waals surface area contributed by atoms with Crippen molar-refractivity contribution in [3.8, 4) is 5.75 Å². The second-order valence-electron chi connectivity index (χ2n) is 3.73. The van der Waals surface area contributed by atoms with Crippen LogP contribution in [0.3, 0.4) is 0 Å². The molecule has 0 aliphatic carbocycles. The molecule has 0 spiro atoms. The van der Waals surface area contributed by atoms with Gasteiger partial charge in [-0.05, 0) is 18.6 Å². The highest BCUT2D eigenvalue weighted by molar-refractivity contribution is 5.61. The molecule has 1 heterocycles. The van der Waals surface area contributed by atoms with E-state index in [1.54, 1.807) is 7.11 Å². The van der Waals surface area contributed by atoms with Gasteiger partial charge in [0.1, 0.15) is 5.75 Å². The van der Waals surface area contributed by atoms with Gasteiger partial charge >= 0.3 is 0 Å². The molecule has 82 valence electrons. The Morgan fingerprint density at radius 1 is 1.27 bits per heavy atom. The average Bonchev–Trinajstić information content (AvgIpc) is 2.30. The molecule has 0 unspecified atom stereocenters. The van der Waals surface area contributed by atoms with E-state index in [0.29, 0.717) is 0 Å². The first kappa shape index (κ1) is 10.3. The molecular weight excluding hydrogens is 190 g/mol. The molecule has 15 heavy (non-hydrogen) atoms. The van der Waals surface area contributed by atoms with Gasteiger partial charge in [-0.1, -0.05) is 12.1 Å². The molecule has 0 aromatic heterocycles. The number of hydrogen-bond acceptors (Lipinski definition) is 3. The third-order valence-corrected chi connectivity index (χ3v) is 2.75. The molecule has 0 saturated carbocycles. The molecule has 1 saturated heterocycles. The number of hydrogen-bond donors (Lipinski definition) is 0. The summed E-state index contributed by atoms with van der Waals surface area (Å²) in [5.74, 6) is 0.986. The van der Waals surface area contributed by atoms with Crippen molar-refractivity contribution in [2.75, 3.05) is 38.3 Å². The maximum absolute atomic E-state index is 5.45. The van der Waals surface area contributed by atoms with Crippen LogP contribution in [0.1, 0.15) is 5.56 Å². The van der Waals surface area contributed by atoms with Gasteiger partial charge in [-0.25, -0.2) is 0 Å². The summed E-state index contributed by atoms with van der Waals surface area (Å²) in [6.45, 7) is 5.57. The molecule has 0 N–H and O–H groups in total. The van der Waals surface area contributed by atoms with Crippen molar-refractivity contribution in [2.45, 2.75) is 6.92 Å². The maximum Gasteiger partial charge on any atom is 0.145 e. The molecule has 2 rings (SSSR count). The Labute approximate surface area is 90.6 Å². The molecule has 0 atom stereocenters. The van der Waals surface area contributed by atoms with Crippen molar-refractivity contribution in [1.82, 2.24) is 0 Å². The number of para-hydroxylation sites is 1. The highest BCUT2D eigenvalue weighted by Gasteiger charge is 2.15. The number of nitrogens with zero attached hydrogens (tertiary/aromatic N) is 1. The topological polar surface area (TPSA) is 21.7 Å². The molecule has 1 aliphatic rings. The Morgan fingerprint density at radius 3 is 2.67 bits per heavy atom. The van der Waals surface area contributed by atoms with Gasteiger partial charge in [-0.3, -0.25) is 0 Å². The van der Waals surface area contributed by atoms with Gasteiger partial charge in [0.05, 0.1) is 26.0 Å². The summed E-state index contributed by atoms with van der Waals surface area (Å²) in [6, 6.07) is 6.25. The van der Waals surface area contributed by atoms with Crippen LogP contribution >= 0.6 is 0 Å². The number of rotatable bonds is 2. The lowest BCUT2D eigenvalue weighted by Gasteiger charge is -2.30. The summed E-state index contributed by atoms with van der Waals surface area (Å²) < 4.78 is 10.8. The molecule has 1 aliphatic heterocycles. The van der Waals surface area contributed by atoms with Crippen LogP contribution in [0.5, 0.6) is 5.75 Å². The van der Waals surface area contributed by atoms with E-state index in [-0.39, 0.29) is 0 Å². The van der Waals surface area contributed by atoms with Gasteiger partial charge in [0.25, 0.3) is 0 Å². The summed E-state index contributed by atoms with van der Waals surface area (Å²) in [7, 11) is 1.73. The SMILES string of the molecule is COc1c(C)cccc1N1CCOCC1. The van der Waals surface area contributed by atoms with Crippen LogP contribution in [0.4, 0.5) is 5.69 Å². The largest absolute Gasteiger partial charge is 0.494 e. The summed E-state index contributed by atoms with van der Waals surface area (Å²) in [4.78, 5) is 2.31. The molecular formula is C12H17NO2. The van der Waals surface area contributed by atoms with Crippen LogP contribution in [-0.4, -0.2) is 33.4 Å². The van der Waals surface area contributed by atoms with E-state index in [0.717, 1.165) is 32.1 Å². The van der Waals surface area contributed by atoms with Gasteiger partial charge in [-0.2, -0.15) is 0 Å². The molecule has 1 aromatic rings. The van der Waals surface area contributed by atoms with E-state index in [1.807, 2.05) is 0 Å². The number of ether oxygens (including phenoxy) is 2. The zero-order chi connectivity index (χ0) is 10.7. The Hall–Kier alpha value is -1.22. The van der Waals surface area contributed by atoms with Crippen LogP contribution in [0.15, 0.2) is 18.2 Å². The van der Waals surface area contributed by atoms with Crippen LogP contribution in [0, 0.1) is 6.92 Å². The van der Waals surface area contributed by atoms with E-state index >= 15 is 0 Å². The monoisotopic (exact) mass is 207 g/mol. The zero-order valence-corrected chi connectivity index (χ0v) is 9.32. The summed E-state index contributed by atoms with van der Waals surface area (Å²) in [5, 5.41) is 0. The molecule has 0 radical (unpaired) electrons. The lowest BCUT2D eigenvalue weighted by atomic mass is 10.1. The van der Waals surface area contributed by atoms with Crippen molar-refractivity contribution in [1.29, 1.82) is 0 Å². The first-order chi connectivity index (χ1) is 7.33. The maximum atomic E-state index is 5.45. The highest BCUT2D eigenvalue weighted by Crippen LogP contribution is 2.31. The van der Waals surface area contributed by atoms with Gasteiger partial charge in [0, 0.05) is 13.1 Å². The molecule has 1 fully saturated rings. The number of benzene rings is 1. The Balaban J connectivity index is 2.29. The Morgan fingerprint density at radius 2 is 2.00 bits per heavy atom. The fraction of sp³-hybridized carbons (Fsp3) is 0.500. The Bertz CT molecular complexity index is 332. The first-order valence-electron chi connectivity index (χ1n) is 5.29. The van der Waals surface area contributed by atoms with Crippen molar-refractivity contribution < 1.29 is 9.47 Å². The molecule has 3 nitrogen and oxygen atoms in total. The molecule has 1 aromatic carbocycles. The fourth-order valence-electron chi connectivity index (χ4n) is 1.96. The lowest BCUT2D eigenvalue weighted by Crippen LogP contribution is -2.36. The number of morpholine rings is 1. The minimum Gasteiger partial charge on any atom is -0.494 e. The van der Waals surface area contributed by atoms with Crippen molar-refractivity contribution in [3.63, 3.8) is 0 Å². The van der Waals surface area contributed by atoms with Crippen molar-refractivity contribution in [2.24, 2.45) is 0 Å². The van der Waals surface area contributed by atoms with Gasteiger partial charge in [-0.15, -0.1) is 0 Å². The van der Waals surface area contributed by atoms with Crippen molar-refractivity contribution >= 4 is 5.69 Å². The van der Waals surface area contributed by atoms with E-state index in [2.05, 4.69) is 30.0 Å². The first-order valence-corrected chi connectivity index (χ1v) is 5.29. The standard InChI is InChI=1S/C12H17NO2/c1-10-4-3-5-11(12(10)14-2)13-6-8-15-9-7-13/h3-5H,6-9H2,1-2H3. The second-order valence-corrected chi connectivity index (χ2v) is 3.73. The number of aryl methyl sites for hydroxylation is 1. The molecule has 3 heteroatoms. The third-order valence-electron chi connectivity index (χ3n) is 2.75. The van der Waals surface area contributed by atoms with E-state index in [4.69, 9.17) is 9.47 Å². The van der Waals surface area contributed by atoms with Crippen LogP contribution < -0.4 is 9.64 Å². The quantitative estimate of drug-likeness (QED) is 0.738. The predicted molar refractivity (Wildman–Crippen MR) is 60.8 cm³/mol. The summed E-state index contributed by atoms with van der Waals surface area (Å²) in [5.41, 5.74) is 2.36. The van der Waals surface area contributed by atoms with Crippen LogP contribution in [0.25, 0.3) is 0 Å². The smallest absolute Gasteiger partial charge is 0.145 e. The zero-order valence-electron chi connectivity index (χ0n) is 9.32. The average molecular weight is 207 g/mol. The third kappa shape index (κ3) is 2.07. The van der Waals surface area contributed by atoms with Gasteiger partial charge in [0.2, 0.25) is 0 Å². The van der Waals surface area contributed by atoms with Crippen molar-refractivity contribution in [3.05, 3.63) is 23.8 Å². The van der Waals surface area contributed by atoms with Gasteiger partial charge < -0.3 is 14.4 Å². The minimum atomic E-state index is 0.803. The Kier molecular flexibility index (Phi) is 3.11. The van der Waals surface area contributed by atoms with E-state index in [1.165, 1.54) is 11.3 Å². The van der Waals surface area contributed by atoms with Gasteiger partial charge in [0.15, 0.2) is 0 Å². The lowest BCUT2D eigenvalue weighted by molar-refractivity contribution is 0.122. The summed E-state index contributed by atoms with van der Waals surface area (Å²) >= 11 is 0. The minimum absolute atomic E-state index is 0.803. The highest BCUT2D eigenvalue weighted by atomic mass is 16.5. The van der Waals surface area contributed by atoms with Crippen LogP contribution in [-0.2, 0) is 4.74 Å². The normalized spacial score (nSPS) is 16.5. The fourth-order valence-corrected chi connectivity index (χ4v) is 1.96. The van der Waals surface area contributed by atoms with Crippen LogP contribution in [0.2, 0.25) is 0 Å². The van der Waals surface area contributed by atoms with E-state index < -0.39 is 0 Å². The second kappa shape index (κ2) is 4.53. The molecule has 0 amide bonds. The van der Waals surface area contributed by atoms with E-state index in [9.17, 15) is 0 Å².